The standard InChI is InChI=1S/C14H23N3O2/c1-10-4-6-14(19,7-5-10)9-15-13(18)12-8-11(2)16-17(12)3/h8,10,19H,4-7,9H2,1-3H3,(H,15,18). The van der Waals surface area contributed by atoms with E-state index in [1.165, 1.54) is 0 Å². The van der Waals surface area contributed by atoms with Crippen LogP contribution in [0.1, 0.15) is 48.8 Å². The van der Waals surface area contributed by atoms with E-state index in [2.05, 4.69) is 17.3 Å². The molecule has 5 nitrogen and oxygen atoms in total. The van der Waals surface area contributed by atoms with Gasteiger partial charge in [-0.25, -0.2) is 0 Å². The third kappa shape index (κ3) is 3.35. The molecule has 0 spiro atoms. The van der Waals surface area contributed by atoms with Gasteiger partial charge >= 0.3 is 0 Å². The number of aryl methyl sites for hydroxylation is 2. The van der Waals surface area contributed by atoms with E-state index >= 15 is 0 Å². The highest BCUT2D eigenvalue weighted by Gasteiger charge is 2.32. The zero-order chi connectivity index (χ0) is 14.0. The Labute approximate surface area is 114 Å². The molecule has 106 valence electrons. The zero-order valence-corrected chi connectivity index (χ0v) is 11.9. The summed E-state index contributed by atoms with van der Waals surface area (Å²) < 4.78 is 1.57. The molecule has 0 saturated heterocycles. The second-order valence-electron chi connectivity index (χ2n) is 5.88. The number of carbonyl (C=O) groups excluding carboxylic acids is 1. The molecule has 0 aliphatic heterocycles. The Morgan fingerprint density at radius 2 is 2.21 bits per heavy atom. The average Bonchev–Trinajstić information content (AvgIpc) is 2.70. The van der Waals surface area contributed by atoms with Crippen LogP contribution in [0.4, 0.5) is 0 Å². The van der Waals surface area contributed by atoms with Crippen LogP contribution in [0.15, 0.2) is 6.07 Å². The summed E-state index contributed by atoms with van der Waals surface area (Å²) in [5.41, 5.74) is 0.610. The number of nitrogens with zero attached hydrogens (tertiary/aromatic N) is 2. The molecule has 1 amide bonds. The molecule has 1 aliphatic rings. The Hall–Kier alpha value is -1.36. The number of hydrogen-bond acceptors (Lipinski definition) is 3. The molecule has 0 bridgehead atoms. The van der Waals surface area contributed by atoms with Gasteiger partial charge in [-0.15, -0.1) is 0 Å². The van der Waals surface area contributed by atoms with Gasteiger partial charge in [0.2, 0.25) is 0 Å². The number of hydrogen-bond donors (Lipinski definition) is 2. The lowest BCUT2D eigenvalue weighted by atomic mass is 9.79. The van der Waals surface area contributed by atoms with Gasteiger partial charge in [-0.05, 0) is 44.6 Å². The van der Waals surface area contributed by atoms with Crippen LogP contribution >= 0.6 is 0 Å². The van der Waals surface area contributed by atoms with Crippen LogP contribution in [-0.4, -0.2) is 32.9 Å². The van der Waals surface area contributed by atoms with E-state index in [9.17, 15) is 9.90 Å². The molecule has 1 aromatic rings. The summed E-state index contributed by atoms with van der Waals surface area (Å²) in [5.74, 6) is 0.505. The molecule has 1 aliphatic carbocycles. The van der Waals surface area contributed by atoms with Crippen molar-refractivity contribution in [2.75, 3.05) is 6.54 Å². The summed E-state index contributed by atoms with van der Waals surface area (Å²) in [6.45, 7) is 4.38. The maximum Gasteiger partial charge on any atom is 0.269 e. The van der Waals surface area contributed by atoms with Gasteiger partial charge in [0.15, 0.2) is 0 Å². The van der Waals surface area contributed by atoms with E-state index in [1.54, 1.807) is 17.8 Å². The predicted molar refractivity (Wildman–Crippen MR) is 72.9 cm³/mol. The highest BCUT2D eigenvalue weighted by atomic mass is 16.3. The summed E-state index contributed by atoms with van der Waals surface area (Å²) in [7, 11) is 1.75. The number of nitrogens with one attached hydrogen (secondary N) is 1. The SMILES string of the molecule is Cc1cc(C(=O)NCC2(O)CCC(C)CC2)n(C)n1. The molecule has 0 atom stereocenters. The molecule has 2 N–H and O–H groups in total. The van der Waals surface area contributed by atoms with Crippen LogP contribution in [0.2, 0.25) is 0 Å². The first-order chi connectivity index (χ1) is 8.89. The normalized spacial score (nSPS) is 27.3. The van der Waals surface area contributed by atoms with Crippen LogP contribution in [0.5, 0.6) is 0 Å². The van der Waals surface area contributed by atoms with Gasteiger partial charge in [0.05, 0.1) is 11.3 Å². The van der Waals surface area contributed by atoms with E-state index in [4.69, 9.17) is 0 Å². The van der Waals surface area contributed by atoms with E-state index in [-0.39, 0.29) is 5.91 Å². The van der Waals surface area contributed by atoms with Gasteiger partial charge in [-0.1, -0.05) is 6.92 Å². The lowest BCUT2D eigenvalue weighted by Gasteiger charge is -2.34. The fourth-order valence-electron chi connectivity index (χ4n) is 2.63. The minimum absolute atomic E-state index is 0.171. The molecule has 0 unspecified atom stereocenters. The lowest BCUT2D eigenvalue weighted by Crippen LogP contribution is -2.45. The van der Waals surface area contributed by atoms with Crippen molar-refractivity contribution in [3.8, 4) is 0 Å². The topological polar surface area (TPSA) is 67.2 Å². The van der Waals surface area contributed by atoms with E-state index in [1.807, 2.05) is 6.92 Å². The Kier molecular flexibility index (Phi) is 3.94. The molecule has 2 rings (SSSR count). The predicted octanol–water partition coefficient (Wildman–Crippen LogP) is 1.40. The first kappa shape index (κ1) is 14.1. The van der Waals surface area contributed by atoms with Gasteiger partial charge in [0.25, 0.3) is 5.91 Å². The quantitative estimate of drug-likeness (QED) is 0.868. The number of rotatable bonds is 3. The van der Waals surface area contributed by atoms with Gasteiger partial charge in [0, 0.05) is 13.6 Å². The van der Waals surface area contributed by atoms with Crippen LogP contribution in [0.3, 0.4) is 0 Å². The minimum atomic E-state index is -0.740. The third-order valence-corrected chi connectivity index (χ3v) is 4.02. The Morgan fingerprint density at radius 1 is 1.58 bits per heavy atom. The van der Waals surface area contributed by atoms with Gasteiger partial charge in [0.1, 0.15) is 5.69 Å². The molecule has 19 heavy (non-hydrogen) atoms. The lowest BCUT2D eigenvalue weighted by molar-refractivity contribution is -0.00547. The molecule has 1 saturated carbocycles. The summed E-state index contributed by atoms with van der Waals surface area (Å²) >= 11 is 0. The third-order valence-electron chi connectivity index (χ3n) is 4.02. The van der Waals surface area contributed by atoms with Gasteiger partial charge in [-0.2, -0.15) is 5.10 Å². The molecule has 0 radical (unpaired) electrons. The number of amides is 1. The Bertz CT molecular complexity index is 459. The maximum atomic E-state index is 12.0. The Balaban J connectivity index is 1.92. The van der Waals surface area contributed by atoms with Gasteiger partial charge in [-0.3, -0.25) is 9.48 Å². The molecular formula is C14H23N3O2. The van der Waals surface area contributed by atoms with Crippen molar-refractivity contribution in [3.63, 3.8) is 0 Å². The zero-order valence-electron chi connectivity index (χ0n) is 11.9. The second-order valence-corrected chi connectivity index (χ2v) is 5.88. The molecule has 0 aromatic carbocycles. The highest BCUT2D eigenvalue weighted by molar-refractivity contribution is 5.92. The first-order valence-electron chi connectivity index (χ1n) is 6.91. The first-order valence-corrected chi connectivity index (χ1v) is 6.91. The fraction of sp³-hybridized carbons (Fsp3) is 0.714. The molecule has 1 fully saturated rings. The Morgan fingerprint density at radius 3 is 2.74 bits per heavy atom. The summed E-state index contributed by atoms with van der Waals surface area (Å²) in [6.07, 6.45) is 3.58. The second kappa shape index (κ2) is 5.33. The monoisotopic (exact) mass is 265 g/mol. The van der Waals surface area contributed by atoms with Crippen molar-refractivity contribution in [1.82, 2.24) is 15.1 Å². The number of aromatic nitrogens is 2. The van der Waals surface area contributed by atoms with Crippen LogP contribution in [0.25, 0.3) is 0 Å². The van der Waals surface area contributed by atoms with Crippen molar-refractivity contribution >= 4 is 5.91 Å². The van der Waals surface area contributed by atoms with Crippen molar-refractivity contribution in [3.05, 3.63) is 17.5 Å². The summed E-state index contributed by atoms with van der Waals surface area (Å²) in [6, 6.07) is 1.75. The summed E-state index contributed by atoms with van der Waals surface area (Å²) in [4.78, 5) is 12.0. The van der Waals surface area contributed by atoms with Crippen LogP contribution in [0, 0.1) is 12.8 Å². The fourth-order valence-corrected chi connectivity index (χ4v) is 2.63. The van der Waals surface area contributed by atoms with Gasteiger partial charge < -0.3 is 10.4 Å². The smallest absolute Gasteiger partial charge is 0.269 e. The van der Waals surface area contributed by atoms with Crippen molar-refractivity contribution in [2.24, 2.45) is 13.0 Å². The minimum Gasteiger partial charge on any atom is -0.388 e. The number of aliphatic hydroxyl groups is 1. The van der Waals surface area contributed by atoms with E-state index in [0.717, 1.165) is 31.4 Å². The van der Waals surface area contributed by atoms with Crippen molar-refractivity contribution < 1.29 is 9.90 Å². The highest BCUT2D eigenvalue weighted by Crippen LogP contribution is 2.31. The van der Waals surface area contributed by atoms with Crippen molar-refractivity contribution in [2.45, 2.75) is 45.1 Å². The molecular weight excluding hydrogens is 242 g/mol. The maximum absolute atomic E-state index is 12.0. The molecule has 5 heteroatoms. The van der Waals surface area contributed by atoms with Crippen molar-refractivity contribution in [1.29, 1.82) is 0 Å². The largest absolute Gasteiger partial charge is 0.388 e. The van der Waals surface area contributed by atoms with E-state index in [0.29, 0.717) is 18.2 Å². The molecule has 1 aromatic heterocycles. The number of carbonyl (C=O) groups is 1. The van der Waals surface area contributed by atoms with E-state index < -0.39 is 5.60 Å². The van der Waals surface area contributed by atoms with Crippen LogP contribution in [-0.2, 0) is 7.05 Å². The average molecular weight is 265 g/mol. The summed E-state index contributed by atoms with van der Waals surface area (Å²) in [5, 5.41) is 17.4. The molecule has 1 heterocycles. The van der Waals surface area contributed by atoms with Crippen LogP contribution < -0.4 is 5.32 Å².